The lowest BCUT2D eigenvalue weighted by atomic mass is 9.71. The number of carboxylic acid groups (broad SMARTS) is 1. The topological polar surface area (TPSA) is 89.8 Å². The van der Waals surface area contributed by atoms with Gasteiger partial charge in [0.15, 0.2) is 0 Å². The number of thiophene rings is 1. The van der Waals surface area contributed by atoms with Crippen LogP contribution in [-0.4, -0.2) is 21.5 Å². The molecule has 0 radical (unpaired) electrons. The Morgan fingerprint density at radius 1 is 0.944 bits per heavy atom. The summed E-state index contributed by atoms with van der Waals surface area (Å²) in [6.45, 7) is 4.71. The Bertz CT molecular complexity index is 1230. The smallest absolute Gasteiger partial charge is 0.335 e. The quantitative estimate of drug-likeness (QED) is 0.191. The molecule has 2 fully saturated rings. The van der Waals surface area contributed by atoms with E-state index in [1.165, 1.54) is 48.6 Å². The maximum absolute atomic E-state index is 11.5. The molecule has 0 unspecified atom stereocenters. The predicted octanol–water partition coefficient (Wildman–Crippen LogP) is 8.18. The van der Waals surface area contributed by atoms with Gasteiger partial charge in [0.05, 0.1) is 16.2 Å². The number of nitrogens with one attached hydrogen (secondary N) is 1. The number of anilines is 1. The third-order valence-electron chi connectivity index (χ3n) is 8.02. The minimum absolute atomic E-state index is 0.204. The molecule has 36 heavy (non-hydrogen) atoms. The van der Waals surface area contributed by atoms with Gasteiger partial charge in [0.1, 0.15) is 0 Å². The fourth-order valence-corrected chi connectivity index (χ4v) is 6.30. The number of rotatable bonds is 7. The average Bonchev–Trinajstić information content (AvgIpc) is 3.30. The van der Waals surface area contributed by atoms with Crippen molar-refractivity contribution in [2.75, 3.05) is 5.43 Å². The van der Waals surface area contributed by atoms with Gasteiger partial charge < -0.3 is 5.11 Å². The standard InChI is InChI=1S/C29H34N2O4S/c1-29(2)16-14-20(15-17-29)19-6-8-22(9-7-19)26-12-13-27(36-26)31(34,35)30-25-11-10-23(28(32)33)18-24(25)21-4-3-5-21/h6-13,18,20-21,30,34-35H,3-5,14-17H2,1-2H3/p+1. The van der Waals surface area contributed by atoms with Gasteiger partial charge in [0.2, 0.25) is 0 Å². The number of benzene rings is 2. The Morgan fingerprint density at radius 3 is 2.25 bits per heavy atom. The van der Waals surface area contributed by atoms with E-state index in [0.717, 1.165) is 35.3 Å². The summed E-state index contributed by atoms with van der Waals surface area (Å²) in [7, 11) is 0. The van der Waals surface area contributed by atoms with Crippen LogP contribution in [-0.2, 0) is 0 Å². The summed E-state index contributed by atoms with van der Waals surface area (Å²) in [6.07, 6.45) is 7.99. The molecule has 1 aromatic heterocycles. The van der Waals surface area contributed by atoms with E-state index in [-0.39, 0.29) is 11.5 Å². The largest absolute Gasteiger partial charge is 0.478 e. The molecule has 5 rings (SSSR count). The molecule has 0 saturated heterocycles. The van der Waals surface area contributed by atoms with Crippen molar-refractivity contribution in [2.24, 2.45) is 5.41 Å². The second-order valence-corrected chi connectivity index (χ2v) is 12.2. The van der Waals surface area contributed by atoms with Crippen LogP contribution in [0.2, 0.25) is 0 Å². The molecule has 0 spiro atoms. The molecule has 0 amide bonds. The van der Waals surface area contributed by atoms with Gasteiger partial charge in [-0.15, -0.1) is 10.4 Å². The second kappa shape index (κ2) is 9.63. The maximum atomic E-state index is 11.5. The molecule has 6 nitrogen and oxygen atoms in total. The van der Waals surface area contributed by atoms with E-state index in [1.54, 1.807) is 18.2 Å². The Labute approximate surface area is 216 Å². The minimum atomic E-state index is -1.49. The Morgan fingerprint density at radius 2 is 1.64 bits per heavy atom. The van der Waals surface area contributed by atoms with Crippen molar-refractivity contribution in [1.82, 2.24) is 4.92 Å². The Balaban J connectivity index is 1.32. The number of aromatic carboxylic acids is 1. The first-order valence-electron chi connectivity index (χ1n) is 12.8. The van der Waals surface area contributed by atoms with Gasteiger partial charge in [-0.25, -0.2) is 4.79 Å². The van der Waals surface area contributed by atoms with Crippen LogP contribution in [0.1, 0.15) is 92.1 Å². The second-order valence-electron chi connectivity index (χ2n) is 11.1. The van der Waals surface area contributed by atoms with Crippen molar-refractivity contribution < 1.29 is 20.3 Å². The van der Waals surface area contributed by atoms with E-state index in [9.17, 15) is 20.3 Å². The van der Waals surface area contributed by atoms with E-state index in [2.05, 4.69) is 43.5 Å². The van der Waals surface area contributed by atoms with Gasteiger partial charge in [-0.05, 0) is 96.7 Å². The lowest BCUT2D eigenvalue weighted by molar-refractivity contribution is -0.270. The predicted molar refractivity (Wildman–Crippen MR) is 144 cm³/mol. The van der Waals surface area contributed by atoms with Crippen LogP contribution in [0.4, 0.5) is 10.7 Å². The number of carboxylic acids is 1. The Kier molecular flexibility index (Phi) is 6.68. The first kappa shape index (κ1) is 25.0. The molecule has 0 atom stereocenters. The van der Waals surface area contributed by atoms with Gasteiger partial charge >= 0.3 is 5.97 Å². The van der Waals surface area contributed by atoms with Crippen LogP contribution in [0, 0.1) is 5.41 Å². The van der Waals surface area contributed by atoms with E-state index in [1.807, 2.05) is 6.07 Å². The molecular weight excluding hydrogens is 472 g/mol. The van der Waals surface area contributed by atoms with Crippen LogP contribution in [0.5, 0.6) is 0 Å². The fraction of sp³-hybridized carbons (Fsp3) is 0.414. The SMILES string of the molecule is CC1(C)CCC(c2ccc(-c3ccc([N+](O)(O)Nc4ccc(C(=O)O)cc4C4CCC4)s3)cc2)CC1. The number of nitrogens with zero attached hydrogens (tertiary/aromatic N) is 1. The fourth-order valence-electron chi connectivity index (χ4n) is 5.38. The average molecular weight is 508 g/mol. The van der Waals surface area contributed by atoms with Crippen molar-refractivity contribution in [3.8, 4) is 10.4 Å². The molecule has 2 saturated carbocycles. The van der Waals surface area contributed by atoms with Gasteiger partial charge in [0, 0.05) is 10.9 Å². The third kappa shape index (κ3) is 5.20. The van der Waals surface area contributed by atoms with Crippen molar-refractivity contribution in [2.45, 2.75) is 70.6 Å². The summed E-state index contributed by atoms with van der Waals surface area (Å²) in [4.78, 5) is 10.9. The molecule has 2 aromatic carbocycles. The lowest BCUT2D eigenvalue weighted by Crippen LogP contribution is -2.47. The Hall–Kier alpha value is -2.71. The normalized spacial score (nSPS) is 18.6. The van der Waals surface area contributed by atoms with Crippen molar-refractivity contribution in [1.29, 1.82) is 0 Å². The first-order valence-corrected chi connectivity index (χ1v) is 13.6. The van der Waals surface area contributed by atoms with Crippen LogP contribution >= 0.6 is 11.3 Å². The van der Waals surface area contributed by atoms with Gasteiger partial charge in [-0.3, -0.25) is 0 Å². The van der Waals surface area contributed by atoms with E-state index in [4.69, 9.17) is 0 Å². The maximum Gasteiger partial charge on any atom is 0.335 e. The van der Waals surface area contributed by atoms with Crippen LogP contribution in [0.25, 0.3) is 10.4 Å². The van der Waals surface area contributed by atoms with Gasteiger partial charge in [-0.2, -0.15) is 5.43 Å². The summed E-state index contributed by atoms with van der Waals surface area (Å²) in [5, 5.41) is 31.5. The first-order chi connectivity index (χ1) is 17.1. The molecule has 0 aliphatic heterocycles. The van der Waals surface area contributed by atoms with E-state index in [0.29, 0.717) is 22.0 Å². The number of carbonyl (C=O) groups is 1. The lowest BCUT2D eigenvalue weighted by Gasteiger charge is -2.34. The van der Waals surface area contributed by atoms with E-state index >= 15 is 0 Å². The highest BCUT2D eigenvalue weighted by molar-refractivity contribution is 7.19. The van der Waals surface area contributed by atoms with Crippen LogP contribution < -0.4 is 10.3 Å². The van der Waals surface area contributed by atoms with Crippen molar-refractivity contribution in [3.05, 3.63) is 71.3 Å². The molecule has 4 N–H and O–H groups in total. The minimum Gasteiger partial charge on any atom is -0.478 e. The zero-order valence-corrected chi connectivity index (χ0v) is 21.7. The van der Waals surface area contributed by atoms with Gasteiger partial charge in [0.25, 0.3) is 5.00 Å². The molecule has 3 aromatic rings. The molecule has 2 aliphatic carbocycles. The highest BCUT2D eigenvalue weighted by atomic mass is 32.1. The summed E-state index contributed by atoms with van der Waals surface area (Å²) in [5.41, 5.74) is 7.24. The third-order valence-corrected chi connectivity index (χ3v) is 9.22. The highest BCUT2D eigenvalue weighted by Gasteiger charge is 2.33. The monoisotopic (exact) mass is 507 g/mol. The molecule has 1 heterocycles. The molecule has 2 aliphatic rings. The molecule has 7 heteroatoms. The van der Waals surface area contributed by atoms with Crippen LogP contribution in [0.3, 0.4) is 0 Å². The van der Waals surface area contributed by atoms with Gasteiger partial charge in [-0.1, -0.05) is 55.9 Å². The highest BCUT2D eigenvalue weighted by Crippen LogP contribution is 2.44. The van der Waals surface area contributed by atoms with Crippen LogP contribution in [0.15, 0.2) is 54.6 Å². The molecule has 190 valence electrons. The number of hydrogen-bond acceptors (Lipinski definition) is 5. The van der Waals surface area contributed by atoms with Crippen molar-refractivity contribution >= 4 is 28.0 Å². The summed E-state index contributed by atoms with van der Waals surface area (Å²) >= 11 is 1.31. The molecule has 0 bridgehead atoms. The summed E-state index contributed by atoms with van der Waals surface area (Å²) in [5.74, 6) is -0.150. The summed E-state index contributed by atoms with van der Waals surface area (Å²) in [6, 6.07) is 17.0. The number of quaternary nitrogens is 1. The summed E-state index contributed by atoms with van der Waals surface area (Å²) < 4.78 is 0. The van der Waals surface area contributed by atoms with Crippen molar-refractivity contribution in [3.63, 3.8) is 0 Å². The number of hydrogen-bond donors (Lipinski definition) is 4. The van der Waals surface area contributed by atoms with E-state index < -0.39 is 10.9 Å². The molecular formula is C29H35N2O4S+. The zero-order chi connectivity index (χ0) is 25.5. The zero-order valence-electron chi connectivity index (χ0n) is 20.9.